The molecule has 0 radical (unpaired) electrons. The van der Waals surface area contributed by atoms with Crippen LogP contribution < -0.4 is 4.74 Å². The van der Waals surface area contributed by atoms with Crippen LogP contribution in [0.25, 0.3) is 10.9 Å². The summed E-state index contributed by atoms with van der Waals surface area (Å²) in [7, 11) is 1.69. The Hall–Kier alpha value is -2.07. The van der Waals surface area contributed by atoms with Crippen LogP contribution in [-0.2, 0) is 0 Å². The Morgan fingerprint density at radius 2 is 2.35 bits per heavy atom. The molecular weight excluding hydrogens is 342 g/mol. The fourth-order valence-electron chi connectivity index (χ4n) is 4.66. The lowest BCUT2D eigenvalue weighted by atomic mass is 9.73. The van der Waals surface area contributed by atoms with Crippen LogP contribution in [0, 0.1) is 11.8 Å². The monoisotopic (exact) mass is 365 g/mol. The van der Waals surface area contributed by atoms with Crippen molar-refractivity contribution in [1.29, 1.82) is 0 Å². The van der Waals surface area contributed by atoms with Crippen LogP contribution in [0.5, 0.6) is 5.75 Å². The maximum atomic E-state index is 5.42. The van der Waals surface area contributed by atoms with E-state index in [2.05, 4.69) is 38.8 Å². The zero-order valence-electron chi connectivity index (χ0n) is 15.0. The van der Waals surface area contributed by atoms with Crippen molar-refractivity contribution in [2.24, 2.45) is 16.8 Å². The van der Waals surface area contributed by atoms with E-state index in [1.54, 1.807) is 7.11 Å². The molecule has 3 aliphatic rings. The Kier molecular flexibility index (Phi) is 4.86. The molecule has 2 bridgehead atoms. The van der Waals surface area contributed by atoms with E-state index in [1.807, 2.05) is 24.4 Å². The van der Waals surface area contributed by atoms with Crippen LogP contribution in [0.15, 0.2) is 48.1 Å². The Morgan fingerprint density at radius 1 is 1.46 bits per heavy atom. The summed E-state index contributed by atoms with van der Waals surface area (Å²) in [6.45, 7) is 6.21. The molecule has 26 heavy (non-hydrogen) atoms. The lowest BCUT2D eigenvalue weighted by Gasteiger charge is -2.50. The fraction of sp³-hybridized carbons (Fsp3) is 0.429. The summed E-state index contributed by atoms with van der Waals surface area (Å²) in [4.78, 5) is 11.7. The molecule has 0 amide bonds. The number of methoxy groups -OCH3 is 1. The second kappa shape index (κ2) is 7.28. The normalized spacial score (nSPS) is 28.3. The molecule has 3 aliphatic heterocycles. The number of pyridine rings is 1. The Bertz CT molecular complexity index is 877. The Balaban J connectivity index is 1.77. The molecule has 3 unspecified atom stereocenters. The number of benzene rings is 1. The molecule has 134 valence electrons. The molecule has 5 heteroatoms. The summed E-state index contributed by atoms with van der Waals surface area (Å²) in [5.74, 6) is 2.10. The standard InChI is InChI=1S/C21H23N3OS/c1-3-14-12-24-9-7-15(14)10-20(24)21(23-13-26)17-6-8-22-19-5-4-16(25-2)11-18(17)19/h3-6,8,11,14-15,20-21H,1,7,9-10,12H2,2H3/t14?,15?,20-,21-/m0/s1. The van der Waals surface area contributed by atoms with Crippen LogP contribution in [0.1, 0.15) is 24.4 Å². The SMILES string of the molecule is C=CC1CN2CCC1C[C@H]2[C@@H](N=C=S)c1ccnc2ccc(OC)cc12. The van der Waals surface area contributed by atoms with Crippen molar-refractivity contribution in [3.8, 4) is 5.75 Å². The van der Waals surface area contributed by atoms with Gasteiger partial charge in [-0.15, -0.1) is 6.58 Å². The van der Waals surface area contributed by atoms with Crippen molar-refractivity contribution in [2.45, 2.75) is 24.9 Å². The van der Waals surface area contributed by atoms with E-state index in [1.165, 1.54) is 6.42 Å². The first-order valence-electron chi connectivity index (χ1n) is 9.11. The number of hydrogen-bond donors (Lipinski definition) is 0. The van der Waals surface area contributed by atoms with Gasteiger partial charge in [-0.3, -0.25) is 9.88 Å². The smallest absolute Gasteiger partial charge is 0.119 e. The van der Waals surface area contributed by atoms with Crippen molar-refractivity contribution < 1.29 is 4.74 Å². The topological polar surface area (TPSA) is 37.7 Å². The molecule has 0 spiro atoms. The summed E-state index contributed by atoms with van der Waals surface area (Å²) in [5.41, 5.74) is 2.10. The number of aliphatic imine (C=N–C) groups is 1. The van der Waals surface area contributed by atoms with Gasteiger partial charge in [-0.25, -0.2) is 4.99 Å². The third-order valence-electron chi connectivity index (χ3n) is 6.01. The first-order chi connectivity index (χ1) is 12.7. The van der Waals surface area contributed by atoms with E-state index in [0.29, 0.717) is 17.9 Å². The van der Waals surface area contributed by atoms with Crippen LogP contribution in [-0.4, -0.2) is 41.3 Å². The van der Waals surface area contributed by atoms with E-state index < -0.39 is 0 Å². The molecule has 1 aromatic carbocycles. The molecule has 4 heterocycles. The summed E-state index contributed by atoms with van der Waals surface area (Å²) < 4.78 is 5.42. The van der Waals surface area contributed by atoms with E-state index in [0.717, 1.165) is 41.7 Å². The van der Waals surface area contributed by atoms with Gasteiger partial charge in [0.1, 0.15) is 11.8 Å². The molecule has 0 saturated carbocycles. The van der Waals surface area contributed by atoms with Crippen LogP contribution in [0.3, 0.4) is 0 Å². The van der Waals surface area contributed by atoms with Gasteiger partial charge < -0.3 is 4.74 Å². The third-order valence-corrected chi connectivity index (χ3v) is 6.12. The zero-order chi connectivity index (χ0) is 18.1. The van der Waals surface area contributed by atoms with E-state index in [4.69, 9.17) is 17.0 Å². The van der Waals surface area contributed by atoms with E-state index >= 15 is 0 Å². The largest absolute Gasteiger partial charge is 0.497 e. The number of isothiocyanates is 1. The van der Waals surface area contributed by atoms with Gasteiger partial charge in [-0.05, 0) is 73.3 Å². The second-order valence-corrected chi connectivity index (χ2v) is 7.38. The van der Waals surface area contributed by atoms with Crippen molar-refractivity contribution in [2.75, 3.05) is 20.2 Å². The molecule has 3 saturated heterocycles. The van der Waals surface area contributed by atoms with Gasteiger partial charge in [0.15, 0.2) is 0 Å². The third kappa shape index (κ3) is 2.96. The Morgan fingerprint density at radius 3 is 3.04 bits per heavy atom. The predicted octanol–water partition coefficient (Wildman–Crippen LogP) is 4.28. The van der Waals surface area contributed by atoms with Crippen LogP contribution >= 0.6 is 12.2 Å². The number of hydrogen-bond acceptors (Lipinski definition) is 5. The molecule has 4 nitrogen and oxygen atoms in total. The van der Waals surface area contributed by atoms with Gasteiger partial charge >= 0.3 is 0 Å². The lowest BCUT2D eigenvalue weighted by Crippen LogP contribution is -2.54. The summed E-state index contributed by atoms with van der Waals surface area (Å²) in [5, 5.41) is 3.73. The minimum absolute atomic E-state index is 0.0290. The van der Waals surface area contributed by atoms with Gasteiger partial charge in [0.05, 0.1) is 17.8 Å². The molecular formula is C21H23N3OS. The van der Waals surface area contributed by atoms with Gasteiger partial charge in [0.25, 0.3) is 0 Å². The van der Waals surface area contributed by atoms with Gasteiger partial charge in [-0.2, -0.15) is 0 Å². The average Bonchev–Trinajstić information content (AvgIpc) is 2.71. The molecule has 3 fully saturated rings. The van der Waals surface area contributed by atoms with Gasteiger partial charge in [0.2, 0.25) is 0 Å². The number of ether oxygens (including phenoxy) is 1. The van der Waals surface area contributed by atoms with Crippen LogP contribution in [0.2, 0.25) is 0 Å². The van der Waals surface area contributed by atoms with Gasteiger partial charge in [0, 0.05) is 24.2 Å². The molecule has 0 N–H and O–H groups in total. The highest BCUT2D eigenvalue weighted by Gasteiger charge is 2.42. The second-order valence-electron chi connectivity index (χ2n) is 7.19. The molecule has 0 aliphatic carbocycles. The molecule has 2 aromatic rings. The number of fused-ring (bicyclic) bond motifs is 4. The van der Waals surface area contributed by atoms with Crippen molar-refractivity contribution in [3.05, 3.63) is 48.7 Å². The predicted molar refractivity (Wildman–Crippen MR) is 108 cm³/mol. The number of piperidine rings is 3. The minimum atomic E-state index is -0.0290. The number of thiocarbonyl (C=S) groups is 1. The van der Waals surface area contributed by atoms with Crippen molar-refractivity contribution in [1.82, 2.24) is 9.88 Å². The number of nitrogens with zero attached hydrogens (tertiary/aromatic N) is 3. The summed E-state index contributed by atoms with van der Waals surface area (Å²) >= 11 is 5.01. The zero-order valence-corrected chi connectivity index (χ0v) is 15.8. The first-order valence-corrected chi connectivity index (χ1v) is 9.52. The van der Waals surface area contributed by atoms with E-state index in [9.17, 15) is 0 Å². The van der Waals surface area contributed by atoms with Crippen molar-refractivity contribution in [3.63, 3.8) is 0 Å². The average molecular weight is 366 g/mol. The summed E-state index contributed by atoms with van der Waals surface area (Å²) in [6, 6.07) is 8.37. The fourth-order valence-corrected chi connectivity index (χ4v) is 4.77. The first kappa shape index (κ1) is 17.3. The quantitative estimate of drug-likeness (QED) is 0.450. The summed E-state index contributed by atoms with van der Waals surface area (Å²) in [6.07, 6.45) is 6.35. The molecule has 5 atom stereocenters. The van der Waals surface area contributed by atoms with Crippen molar-refractivity contribution >= 4 is 28.3 Å². The lowest BCUT2D eigenvalue weighted by molar-refractivity contribution is 0.00801. The molecule has 1 aromatic heterocycles. The van der Waals surface area contributed by atoms with E-state index in [-0.39, 0.29) is 6.04 Å². The number of aromatic nitrogens is 1. The minimum Gasteiger partial charge on any atom is -0.497 e. The molecule has 5 rings (SSSR count). The number of rotatable bonds is 5. The maximum absolute atomic E-state index is 5.42. The maximum Gasteiger partial charge on any atom is 0.119 e. The Labute approximate surface area is 159 Å². The highest BCUT2D eigenvalue weighted by atomic mass is 32.1. The highest BCUT2D eigenvalue weighted by molar-refractivity contribution is 7.78. The highest BCUT2D eigenvalue weighted by Crippen LogP contribution is 2.43. The van der Waals surface area contributed by atoms with Gasteiger partial charge in [-0.1, -0.05) is 6.08 Å². The van der Waals surface area contributed by atoms with Crippen LogP contribution in [0.4, 0.5) is 0 Å².